The Morgan fingerprint density at radius 1 is 1.11 bits per heavy atom. The molecular weight excluding hydrogens is 446 g/mol. The molecule has 2 heterocycles. The maximum atomic E-state index is 13.2. The highest BCUT2D eigenvalue weighted by molar-refractivity contribution is 5.92. The highest BCUT2D eigenvalue weighted by Crippen LogP contribution is 2.33. The highest BCUT2D eigenvalue weighted by Gasteiger charge is 2.38. The fourth-order valence-corrected chi connectivity index (χ4v) is 4.45. The lowest BCUT2D eigenvalue weighted by Gasteiger charge is -2.27. The van der Waals surface area contributed by atoms with Crippen LogP contribution < -0.4 is 10.4 Å². The van der Waals surface area contributed by atoms with Crippen LogP contribution in [0.15, 0.2) is 51.7 Å². The number of ether oxygens (including phenoxy) is 2. The van der Waals surface area contributed by atoms with Gasteiger partial charge in [0.15, 0.2) is 0 Å². The van der Waals surface area contributed by atoms with Crippen molar-refractivity contribution in [2.75, 3.05) is 6.54 Å². The molecule has 3 aromatic rings. The van der Waals surface area contributed by atoms with E-state index in [4.69, 9.17) is 13.9 Å². The molecule has 0 bridgehead atoms. The summed E-state index contributed by atoms with van der Waals surface area (Å²) in [6.45, 7) is 9.47. The number of carbonyl (C=O) groups is 2. The summed E-state index contributed by atoms with van der Waals surface area (Å²) in [5.74, 6) is -0.216. The van der Waals surface area contributed by atoms with Crippen molar-refractivity contribution < 1.29 is 23.5 Å². The van der Waals surface area contributed by atoms with Gasteiger partial charge in [-0.3, -0.25) is 4.90 Å². The van der Waals surface area contributed by atoms with E-state index < -0.39 is 29.3 Å². The molecule has 7 nitrogen and oxygen atoms in total. The van der Waals surface area contributed by atoms with Crippen molar-refractivity contribution in [3.8, 4) is 5.75 Å². The van der Waals surface area contributed by atoms with Gasteiger partial charge in [0.1, 0.15) is 23.0 Å². The maximum Gasteiger partial charge on any atom is 0.411 e. The molecule has 0 spiro atoms. The summed E-state index contributed by atoms with van der Waals surface area (Å²) in [6, 6.07) is 12.4. The first kappa shape index (κ1) is 24.5. The average molecular weight is 478 g/mol. The first-order chi connectivity index (χ1) is 16.5. The minimum absolute atomic E-state index is 0.316. The normalized spacial score (nSPS) is 15.9. The van der Waals surface area contributed by atoms with Gasteiger partial charge in [0.25, 0.3) is 0 Å². The molecule has 4 rings (SSSR count). The second kappa shape index (κ2) is 9.56. The molecule has 1 amide bonds. The zero-order valence-electron chi connectivity index (χ0n) is 20.8. The highest BCUT2D eigenvalue weighted by atomic mass is 16.6. The second-order valence-electron chi connectivity index (χ2n) is 10.0. The summed E-state index contributed by atoms with van der Waals surface area (Å²) < 4.78 is 17.0. The quantitative estimate of drug-likeness (QED) is 0.288. The first-order valence-corrected chi connectivity index (χ1v) is 11.9. The number of fused-ring (bicyclic) bond motifs is 1. The maximum absolute atomic E-state index is 13.2. The van der Waals surface area contributed by atoms with E-state index in [0.717, 1.165) is 11.1 Å². The van der Waals surface area contributed by atoms with Crippen LogP contribution in [0.2, 0.25) is 0 Å². The van der Waals surface area contributed by atoms with Crippen molar-refractivity contribution in [2.24, 2.45) is 0 Å². The molecule has 0 N–H and O–H groups in total. The molecule has 1 atom stereocenters. The first-order valence-electron chi connectivity index (χ1n) is 11.9. The molecule has 35 heavy (non-hydrogen) atoms. The molecule has 1 aromatic heterocycles. The van der Waals surface area contributed by atoms with Crippen molar-refractivity contribution in [2.45, 2.75) is 65.5 Å². The Hall–Kier alpha value is -3.61. The number of esters is 1. The van der Waals surface area contributed by atoms with Crippen LogP contribution in [-0.2, 0) is 16.0 Å². The second-order valence-corrected chi connectivity index (χ2v) is 10.0. The molecule has 1 fully saturated rings. The van der Waals surface area contributed by atoms with E-state index >= 15 is 0 Å². The fraction of sp³-hybridized carbons (Fsp3) is 0.393. The number of rotatable bonds is 4. The Morgan fingerprint density at radius 3 is 2.51 bits per heavy atom. The third kappa shape index (κ3) is 5.39. The third-order valence-electron chi connectivity index (χ3n) is 6.07. The van der Waals surface area contributed by atoms with Crippen molar-refractivity contribution >= 4 is 23.0 Å². The summed E-state index contributed by atoms with van der Waals surface area (Å²) >= 11 is 0. The Labute approximate surface area is 204 Å². The lowest BCUT2D eigenvalue weighted by molar-refractivity contribution is -0.139. The van der Waals surface area contributed by atoms with Gasteiger partial charge in [-0.25, -0.2) is 14.4 Å². The Balaban J connectivity index is 1.68. The molecule has 1 aliphatic heterocycles. The van der Waals surface area contributed by atoms with E-state index in [2.05, 4.69) is 0 Å². The fourth-order valence-electron chi connectivity index (χ4n) is 4.45. The van der Waals surface area contributed by atoms with Gasteiger partial charge < -0.3 is 13.9 Å². The minimum atomic E-state index is -0.736. The van der Waals surface area contributed by atoms with Gasteiger partial charge in [0, 0.05) is 18.5 Å². The summed E-state index contributed by atoms with van der Waals surface area (Å²) in [6.07, 6.45) is 1.05. The van der Waals surface area contributed by atoms with E-state index in [1.165, 1.54) is 4.90 Å². The minimum Gasteiger partial charge on any atom is -0.444 e. The van der Waals surface area contributed by atoms with Crippen LogP contribution in [0.25, 0.3) is 11.0 Å². The van der Waals surface area contributed by atoms with Crippen LogP contribution in [0.4, 0.5) is 4.79 Å². The number of hydrogen-bond acceptors (Lipinski definition) is 6. The SMILES string of the molecule is Cc1cc(OC(=O)C2CCCN2C(=O)OC(C)(C)C)c2c(C)c(Cc3ccccc3)c(=O)oc2c1. The van der Waals surface area contributed by atoms with Gasteiger partial charge in [-0.15, -0.1) is 0 Å². The Bertz CT molecular complexity index is 1320. The topological polar surface area (TPSA) is 86.0 Å². The van der Waals surface area contributed by atoms with Crippen LogP contribution in [0.5, 0.6) is 5.75 Å². The van der Waals surface area contributed by atoms with Gasteiger partial charge in [0.2, 0.25) is 0 Å². The molecular formula is C28H31NO6. The average Bonchev–Trinajstić information content (AvgIpc) is 3.26. The molecule has 0 saturated carbocycles. The largest absolute Gasteiger partial charge is 0.444 e. The predicted octanol–water partition coefficient (Wildman–Crippen LogP) is 5.31. The van der Waals surface area contributed by atoms with Crippen LogP contribution >= 0.6 is 0 Å². The van der Waals surface area contributed by atoms with Crippen LogP contribution in [0.3, 0.4) is 0 Å². The predicted molar refractivity (Wildman–Crippen MR) is 133 cm³/mol. The molecule has 1 unspecified atom stereocenters. The van der Waals surface area contributed by atoms with Crippen molar-refractivity contribution in [3.63, 3.8) is 0 Å². The lowest BCUT2D eigenvalue weighted by Crippen LogP contribution is -2.44. The van der Waals surface area contributed by atoms with Crippen LogP contribution in [-0.4, -0.2) is 35.2 Å². The summed E-state index contributed by atoms with van der Waals surface area (Å²) in [5.41, 5.74) is 2.28. The van der Waals surface area contributed by atoms with E-state index in [1.807, 2.05) is 44.2 Å². The third-order valence-corrected chi connectivity index (χ3v) is 6.07. The zero-order chi connectivity index (χ0) is 25.3. The molecule has 7 heteroatoms. The molecule has 184 valence electrons. The van der Waals surface area contributed by atoms with Gasteiger partial charge in [0.05, 0.1) is 5.39 Å². The van der Waals surface area contributed by atoms with Crippen molar-refractivity contribution in [1.29, 1.82) is 0 Å². The number of nitrogens with zero attached hydrogens (tertiary/aromatic N) is 1. The van der Waals surface area contributed by atoms with E-state index in [-0.39, 0.29) is 0 Å². The number of hydrogen-bond donors (Lipinski definition) is 0. The van der Waals surface area contributed by atoms with E-state index in [9.17, 15) is 14.4 Å². The molecule has 1 aliphatic rings. The lowest BCUT2D eigenvalue weighted by atomic mass is 9.98. The van der Waals surface area contributed by atoms with Gasteiger partial charge in [-0.1, -0.05) is 30.3 Å². The number of likely N-dealkylation sites (tertiary alicyclic amines) is 1. The van der Waals surface area contributed by atoms with Crippen LogP contribution in [0.1, 0.15) is 55.9 Å². The number of amides is 1. The summed E-state index contributed by atoms with van der Waals surface area (Å²) in [7, 11) is 0. The molecule has 0 aliphatic carbocycles. The van der Waals surface area contributed by atoms with Gasteiger partial charge in [-0.05, 0) is 76.3 Å². The number of benzene rings is 2. The zero-order valence-corrected chi connectivity index (χ0v) is 20.8. The van der Waals surface area contributed by atoms with Crippen LogP contribution in [0, 0.1) is 13.8 Å². The Kier molecular flexibility index (Phi) is 6.70. The molecule has 0 radical (unpaired) electrons. The molecule has 2 aromatic carbocycles. The number of carbonyl (C=O) groups excluding carboxylic acids is 2. The smallest absolute Gasteiger partial charge is 0.411 e. The summed E-state index contributed by atoms with van der Waals surface area (Å²) in [5, 5.41) is 0.580. The van der Waals surface area contributed by atoms with Gasteiger partial charge in [-0.2, -0.15) is 0 Å². The Morgan fingerprint density at radius 2 is 1.83 bits per heavy atom. The number of aryl methyl sites for hydroxylation is 2. The van der Waals surface area contributed by atoms with Gasteiger partial charge >= 0.3 is 17.7 Å². The standard InChI is InChI=1S/C28H31NO6/c1-17-14-22-24(18(2)20(25(30)33-22)16-19-10-7-6-8-11-19)23(15-17)34-26(31)21-12-9-13-29(21)27(32)35-28(3,4)5/h6-8,10-11,14-15,21H,9,12-13,16H2,1-5H3. The van der Waals surface area contributed by atoms with E-state index in [0.29, 0.717) is 53.7 Å². The van der Waals surface area contributed by atoms with Crippen molar-refractivity contribution in [1.82, 2.24) is 4.90 Å². The summed E-state index contributed by atoms with van der Waals surface area (Å²) in [4.78, 5) is 40.1. The molecule has 1 saturated heterocycles. The monoisotopic (exact) mass is 477 g/mol. The van der Waals surface area contributed by atoms with Crippen molar-refractivity contribution in [3.05, 3.63) is 75.1 Å². The van der Waals surface area contributed by atoms with E-state index in [1.54, 1.807) is 32.9 Å².